The normalized spacial score (nSPS) is 15.7. The maximum atomic E-state index is 13.0. The fraction of sp³-hybridized carbons (Fsp3) is 0.650. The Hall–Kier alpha value is -2.64. The standard InChI is InChI=1S/C20H34N6O6S/c1-10(2)15(20(31)32)25-19(30)16(11(3)27)26-18(29)14(7-12-8-22-9-23-12)24-17(28)13(21)5-6-33-4/h8-11,13-16,27H,5-7,21H2,1-4H3,(H,22,23)(H,24,28)(H,25,30)(H,26,29)(H,31,32). The highest BCUT2D eigenvalue weighted by atomic mass is 32.2. The van der Waals surface area contributed by atoms with E-state index < -0.39 is 59.9 Å². The highest BCUT2D eigenvalue weighted by Gasteiger charge is 2.33. The van der Waals surface area contributed by atoms with Gasteiger partial charge < -0.3 is 36.9 Å². The van der Waals surface area contributed by atoms with Gasteiger partial charge >= 0.3 is 5.97 Å². The first-order chi connectivity index (χ1) is 15.5. The number of carbonyl (C=O) groups is 4. The van der Waals surface area contributed by atoms with Crippen molar-refractivity contribution in [3.05, 3.63) is 18.2 Å². The third kappa shape index (κ3) is 9.40. The van der Waals surface area contributed by atoms with Crippen LogP contribution in [0.2, 0.25) is 0 Å². The number of carboxylic acids is 1. The molecular weight excluding hydrogens is 452 g/mol. The van der Waals surface area contributed by atoms with Crippen LogP contribution in [-0.4, -0.2) is 86.2 Å². The molecular formula is C20H34N6O6S. The quantitative estimate of drug-likeness (QED) is 0.165. The van der Waals surface area contributed by atoms with E-state index in [0.717, 1.165) is 0 Å². The Morgan fingerprint density at radius 2 is 1.73 bits per heavy atom. The number of thioether (sulfide) groups is 1. The SMILES string of the molecule is CSCCC(N)C(=O)NC(Cc1cnc[nH]1)C(=O)NC(C(=O)NC(C(=O)O)C(C)C)C(C)O. The summed E-state index contributed by atoms with van der Waals surface area (Å²) in [6.45, 7) is 4.52. The molecule has 0 aromatic carbocycles. The molecule has 0 fully saturated rings. The lowest BCUT2D eigenvalue weighted by Gasteiger charge is -2.27. The van der Waals surface area contributed by atoms with Gasteiger partial charge in [0, 0.05) is 18.3 Å². The number of hydrogen-bond donors (Lipinski definition) is 7. The largest absolute Gasteiger partial charge is 0.480 e. The number of aliphatic hydroxyl groups is 1. The number of H-pyrrole nitrogens is 1. The average molecular weight is 487 g/mol. The fourth-order valence-corrected chi connectivity index (χ4v) is 3.39. The molecule has 1 aromatic heterocycles. The smallest absolute Gasteiger partial charge is 0.326 e. The number of amides is 3. The van der Waals surface area contributed by atoms with Gasteiger partial charge in [0.2, 0.25) is 17.7 Å². The van der Waals surface area contributed by atoms with Crippen LogP contribution in [-0.2, 0) is 25.6 Å². The van der Waals surface area contributed by atoms with Crippen molar-refractivity contribution in [2.45, 2.75) is 63.9 Å². The zero-order valence-electron chi connectivity index (χ0n) is 19.2. The number of aliphatic carboxylic acids is 1. The van der Waals surface area contributed by atoms with Gasteiger partial charge in [-0.3, -0.25) is 14.4 Å². The molecule has 1 rings (SSSR count). The van der Waals surface area contributed by atoms with Gasteiger partial charge in [0.25, 0.3) is 0 Å². The van der Waals surface area contributed by atoms with E-state index in [0.29, 0.717) is 17.9 Å². The van der Waals surface area contributed by atoms with E-state index >= 15 is 0 Å². The van der Waals surface area contributed by atoms with Gasteiger partial charge in [-0.2, -0.15) is 11.8 Å². The number of carbonyl (C=O) groups excluding carboxylic acids is 3. The lowest BCUT2D eigenvalue weighted by Crippen LogP contribution is -2.60. The highest BCUT2D eigenvalue weighted by Crippen LogP contribution is 2.06. The Morgan fingerprint density at radius 3 is 2.21 bits per heavy atom. The predicted octanol–water partition coefficient (Wildman–Crippen LogP) is -1.39. The number of aliphatic hydroxyl groups excluding tert-OH is 1. The van der Waals surface area contributed by atoms with E-state index in [-0.39, 0.29) is 6.42 Å². The fourth-order valence-electron chi connectivity index (χ4n) is 2.90. The second-order valence-electron chi connectivity index (χ2n) is 8.03. The Morgan fingerprint density at radius 1 is 1.09 bits per heavy atom. The number of hydrogen-bond acceptors (Lipinski definition) is 8. The summed E-state index contributed by atoms with van der Waals surface area (Å²) in [4.78, 5) is 56.3. The van der Waals surface area contributed by atoms with Crippen molar-refractivity contribution >= 4 is 35.5 Å². The van der Waals surface area contributed by atoms with Crippen molar-refractivity contribution in [2.75, 3.05) is 12.0 Å². The van der Waals surface area contributed by atoms with Crippen LogP contribution in [0.4, 0.5) is 0 Å². The molecule has 13 heteroatoms. The summed E-state index contributed by atoms with van der Waals surface area (Å²) >= 11 is 1.53. The molecule has 0 spiro atoms. The molecule has 3 amide bonds. The number of imidazole rings is 1. The van der Waals surface area contributed by atoms with Crippen LogP contribution in [0.3, 0.4) is 0 Å². The van der Waals surface area contributed by atoms with Crippen molar-refractivity contribution in [3.63, 3.8) is 0 Å². The first kappa shape index (κ1) is 28.4. The second kappa shape index (κ2) is 13.8. The summed E-state index contributed by atoms with van der Waals surface area (Å²) in [7, 11) is 0. The van der Waals surface area contributed by atoms with E-state index in [1.807, 2.05) is 6.26 Å². The lowest BCUT2D eigenvalue weighted by molar-refractivity contribution is -0.144. The van der Waals surface area contributed by atoms with Gasteiger partial charge in [0.15, 0.2) is 0 Å². The van der Waals surface area contributed by atoms with Gasteiger partial charge in [-0.05, 0) is 31.3 Å². The molecule has 5 unspecified atom stereocenters. The molecule has 0 aliphatic heterocycles. The summed E-state index contributed by atoms with van der Waals surface area (Å²) in [5.41, 5.74) is 6.45. The van der Waals surface area contributed by atoms with E-state index in [1.54, 1.807) is 13.8 Å². The van der Waals surface area contributed by atoms with Crippen LogP contribution in [0.15, 0.2) is 12.5 Å². The molecule has 12 nitrogen and oxygen atoms in total. The van der Waals surface area contributed by atoms with E-state index in [2.05, 4.69) is 25.9 Å². The van der Waals surface area contributed by atoms with Crippen LogP contribution >= 0.6 is 11.8 Å². The van der Waals surface area contributed by atoms with Gasteiger partial charge in [-0.15, -0.1) is 0 Å². The minimum absolute atomic E-state index is 0.0325. The molecule has 0 saturated heterocycles. The zero-order valence-corrected chi connectivity index (χ0v) is 20.0. The van der Waals surface area contributed by atoms with Crippen LogP contribution in [0, 0.1) is 5.92 Å². The summed E-state index contributed by atoms with van der Waals surface area (Å²) in [6.07, 6.45) is 3.90. The molecule has 0 bridgehead atoms. The Labute approximate surface area is 196 Å². The second-order valence-corrected chi connectivity index (χ2v) is 9.01. The van der Waals surface area contributed by atoms with Crippen molar-refractivity contribution in [1.82, 2.24) is 25.9 Å². The van der Waals surface area contributed by atoms with E-state index in [1.165, 1.54) is 31.2 Å². The topological polar surface area (TPSA) is 200 Å². The van der Waals surface area contributed by atoms with Gasteiger partial charge in [0.05, 0.1) is 18.5 Å². The third-order valence-electron chi connectivity index (χ3n) is 4.87. The predicted molar refractivity (Wildman–Crippen MR) is 123 cm³/mol. The molecule has 0 radical (unpaired) electrons. The van der Waals surface area contributed by atoms with Crippen LogP contribution in [0.25, 0.3) is 0 Å². The van der Waals surface area contributed by atoms with Crippen molar-refractivity contribution in [1.29, 1.82) is 0 Å². The lowest BCUT2D eigenvalue weighted by atomic mass is 10.0. The van der Waals surface area contributed by atoms with E-state index in [4.69, 9.17) is 5.73 Å². The summed E-state index contributed by atoms with van der Waals surface area (Å²) in [6, 6.07) is -4.59. The minimum Gasteiger partial charge on any atom is -0.480 e. The molecule has 8 N–H and O–H groups in total. The molecule has 33 heavy (non-hydrogen) atoms. The summed E-state index contributed by atoms with van der Waals surface area (Å²) in [5.74, 6) is -3.14. The maximum Gasteiger partial charge on any atom is 0.326 e. The molecule has 186 valence electrons. The van der Waals surface area contributed by atoms with Crippen LogP contribution < -0.4 is 21.7 Å². The van der Waals surface area contributed by atoms with Crippen molar-refractivity contribution in [3.8, 4) is 0 Å². The van der Waals surface area contributed by atoms with Gasteiger partial charge in [0.1, 0.15) is 18.1 Å². The van der Waals surface area contributed by atoms with E-state index in [9.17, 15) is 29.4 Å². The summed E-state index contributed by atoms with van der Waals surface area (Å²) in [5, 5.41) is 26.7. The Kier molecular flexibility index (Phi) is 11.9. The van der Waals surface area contributed by atoms with Crippen molar-refractivity contribution in [2.24, 2.45) is 11.7 Å². The Bertz CT molecular complexity index is 788. The highest BCUT2D eigenvalue weighted by molar-refractivity contribution is 7.98. The first-order valence-corrected chi connectivity index (χ1v) is 11.9. The molecule has 0 aliphatic rings. The minimum atomic E-state index is -1.44. The number of aromatic nitrogens is 2. The van der Waals surface area contributed by atoms with Crippen LogP contribution in [0.5, 0.6) is 0 Å². The number of nitrogens with zero attached hydrogens (tertiary/aromatic N) is 1. The number of carboxylic acid groups (broad SMARTS) is 1. The molecule has 1 aromatic rings. The monoisotopic (exact) mass is 486 g/mol. The molecule has 0 saturated carbocycles. The van der Waals surface area contributed by atoms with Crippen LogP contribution in [0.1, 0.15) is 32.9 Å². The first-order valence-electron chi connectivity index (χ1n) is 10.5. The molecule has 5 atom stereocenters. The average Bonchev–Trinajstić information content (AvgIpc) is 3.25. The number of rotatable bonds is 14. The number of aromatic amines is 1. The number of nitrogens with two attached hydrogens (primary N) is 1. The van der Waals surface area contributed by atoms with Gasteiger partial charge in [-0.1, -0.05) is 13.8 Å². The molecule has 0 aliphatic carbocycles. The zero-order chi connectivity index (χ0) is 25.1. The van der Waals surface area contributed by atoms with Crippen molar-refractivity contribution < 1.29 is 29.4 Å². The third-order valence-corrected chi connectivity index (χ3v) is 5.52. The van der Waals surface area contributed by atoms with Gasteiger partial charge in [-0.25, -0.2) is 9.78 Å². The Balaban J connectivity index is 2.99. The maximum absolute atomic E-state index is 13.0. The molecule has 1 heterocycles. The summed E-state index contributed by atoms with van der Waals surface area (Å²) < 4.78 is 0. The number of nitrogens with one attached hydrogen (secondary N) is 4.